The third-order valence-corrected chi connectivity index (χ3v) is 3.37. The van der Waals surface area contributed by atoms with Crippen LogP contribution in [0.3, 0.4) is 0 Å². The van der Waals surface area contributed by atoms with Crippen LogP contribution in [-0.4, -0.2) is 5.91 Å². The highest BCUT2D eigenvalue weighted by Gasteiger charge is 2.19. The van der Waals surface area contributed by atoms with Gasteiger partial charge in [0.15, 0.2) is 0 Å². The Kier molecular flexibility index (Phi) is 4.18. The molecule has 98 valence electrons. The average molecular weight is 279 g/mol. The molecule has 0 saturated carbocycles. The lowest BCUT2D eigenvalue weighted by atomic mass is 9.92. The van der Waals surface area contributed by atoms with Crippen LogP contribution in [-0.2, 0) is 4.79 Å². The number of hydrogen-bond donors (Lipinski definition) is 1. The van der Waals surface area contributed by atoms with E-state index >= 15 is 0 Å². The van der Waals surface area contributed by atoms with Crippen LogP contribution in [0.4, 0.5) is 10.1 Å². The number of anilines is 1. The number of hydrogen-bond acceptors (Lipinski definition) is 2. The Morgan fingerprint density at radius 2 is 2.11 bits per heavy atom. The number of rotatable bonds is 2. The van der Waals surface area contributed by atoms with Crippen LogP contribution in [0.2, 0.25) is 5.02 Å². The summed E-state index contributed by atoms with van der Waals surface area (Å²) in [7, 11) is 0. The number of nitrogens with zero attached hydrogens (tertiary/aromatic N) is 1. The minimum absolute atomic E-state index is 0.142. The van der Waals surface area contributed by atoms with Crippen LogP contribution in [0.5, 0.6) is 0 Å². The second-order valence-electron chi connectivity index (χ2n) is 4.35. The van der Waals surface area contributed by atoms with Crippen LogP contribution in [0.25, 0.3) is 0 Å². The molecule has 1 amide bonds. The summed E-state index contributed by atoms with van der Waals surface area (Å²) in [6.45, 7) is 0. The number of benzene rings is 1. The minimum Gasteiger partial charge on any atom is -0.321 e. The molecule has 1 aromatic carbocycles. The molecule has 0 spiro atoms. The Hall–Kier alpha value is -1.86. The van der Waals surface area contributed by atoms with Gasteiger partial charge in [-0.25, -0.2) is 4.39 Å². The number of nitriles is 1. The fraction of sp³-hybridized carbons (Fsp3) is 0.286. The highest BCUT2D eigenvalue weighted by molar-refractivity contribution is 6.33. The molecule has 0 radical (unpaired) electrons. The lowest BCUT2D eigenvalue weighted by Crippen LogP contribution is -2.18. The van der Waals surface area contributed by atoms with Gasteiger partial charge >= 0.3 is 0 Å². The third-order valence-electron chi connectivity index (χ3n) is 3.06. The maximum absolute atomic E-state index is 12.9. The molecule has 19 heavy (non-hydrogen) atoms. The maximum Gasteiger partial charge on any atom is 0.252 e. The second kappa shape index (κ2) is 5.85. The molecule has 1 aliphatic rings. The molecule has 0 heterocycles. The van der Waals surface area contributed by atoms with Crippen molar-refractivity contribution in [3.8, 4) is 6.07 Å². The van der Waals surface area contributed by atoms with E-state index in [2.05, 4.69) is 11.4 Å². The van der Waals surface area contributed by atoms with Crippen molar-refractivity contribution in [3.05, 3.63) is 40.2 Å². The smallest absolute Gasteiger partial charge is 0.252 e. The Balaban J connectivity index is 2.21. The van der Waals surface area contributed by atoms with E-state index in [1.165, 1.54) is 12.1 Å². The molecule has 0 atom stereocenters. The normalized spacial score (nSPS) is 15.0. The van der Waals surface area contributed by atoms with E-state index in [1.807, 2.05) is 0 Å². The summed E-state index contributed by atoms with van der Waals surface area (Å²) in [4.78, 5) is 12.1. The zero-order valence-corrected chi connectivity index (χ0v) is 10.9. The maximum atomic E-state index is 12.9. The minimum atomic E-state index is -0.461. The number of carbonyl (C=O) groups is 1. The van der Waals surface area contributed by atoms with Crippen LogP contribution >= 0.6 is 11.6 Å². The Labute approximate surface area is 115 Å². The second-order valence-corrected chi connectivity index (χ2v) is 4.76. The summed E-state index contributed by atoms with van der Waals surface area (Å²) in [5.41, 5.74) is 1.39. The van der Waals surface area contributed by atoms with E-state index in [9.17, 15) is 9.18 Å². The molecule has 1 aromatic rings. The molecule has 0 unspecified atom stereocenters. The topological polar surface area (TPSA) is 52.9 Å². The summed E-state index contributed by atoms with van der Waals surface area (Å²) >= 11 is 5.85. The van der Waals surface area contributed by atoms with Crippen LogP contribution < -0.4 is 5.32 Å². The van der Waals surface area contributed by atoms with Gasteiger partial charge in [0.05, 0.1) is 16.8 Å². The summed E-state index contributed by atoms with van der Waals surface area (Å²) in [6, 6.07) is 5.84. The Morgan fingerprint density at radius 3 is 2.79 bits per heavy atom. The number of allylic oxidation sites excluding steroid dienone is 1. The van der Waals surface area contributed by atoms with Crippen molar-refractivity contribution in [2.24, 2.45) is 0 Å². The monoisotopic (exact) mass is 278 g/mol. The number of carbonyl (C=O) groups excluding carboxylic acids is 1. The first-order valence-electron chi connectivity index (χ1n) is 6.00. The molecule has 1 aliphatic carbocycles. The van der Waals surface area contributed by atoms with E-state index in [0.717, 1.165) is 18.9 Å². The van der Waals surface area contributed by atoms with Gasteiger partial charge in [-0.3, -0.25) is 4.79 Å². The van der Waals surface area contributed by atoms with Gasteiger partial charge in [0.1, 0.15) is 5.82 Å². The molecule has 0 aromatic heterocycles. The Bertz CT molecular complexity index is 590. The number of nitrogens with one attached hydrogen (secondary N) is 1. The standard InChI is InChI=1S/C14H12ClFN2O/c15-12-7-10(16)5-6-13(12)18-14(19)11-4-2-1-3-9(11)8-17/h5-7H,1-4H2,(H,18,19). The molecule has 5 heteroatoms. The summed E-state index contributed by atoms with van der Waals surface area (Å²) in [5, 5.41) is 11.8. The zero-order chi connectivity index (χ0) is 13.8. The predicted molar refractivity (Wildman–Crippen MR) is 71.1 cm³/mol. The number of amides is 1. The van der Waals surface area contributed by atoms with Gasteiger partial charge in [-0.2, -0.15) is 5.26 Å². The Morgan fingerprint density at radius 1 is 1.37 bits per heavy atom. The summed E-state index contributed by atoms with van der Waals surface area (Å²) in [5.74, 6) is -0.789. The first-order valence-corrected chi connectivity index (χ1v) is 6.38. The zero-order valence-electron chi connectivity index (χ0n) is 10.2. The van der Waals surface area contributed by atoms with Gasteiger partial charge in [0.2, 0.25) is 0 Å². The molecule has 0 saturated heterocycles. The lowest BCUT2D eigenvalue weighted by molar-refractivity contribution is -0.113. The lowest BCUT2D eigenvalue weighted by Gasteiger charge is -2.16. The summed E-state index contributed by atoms with van der Waals surface area (Å²) in [6.07, 6.45) is 3.05. The first kappa shape index (κ1) is 13.6. The molecule has 2 rings (SSSR count). The molecular weight excluding hydrogens is 267 g/mol. The average Bonchev–Trinajstić information content (AvgIpc) is 2.41. The summed E-state index contributed by atoms with van der Waals surface area (Å²) < 4.78 is 12.9. The highest BCUT2D eigenvalue weighted by atomic mass is 35.5. The number of halogens is 2. The van der Waals surface area contributed by atoms with Crippen molar-refractivity contribution < 1.29 is 9.18 Å². The van der Waals surface area contributed by atoms with Crippen molar-refractivity contribution >= 4 is 23.2 Å². The molecular formula is C14H12ClFN2O. The van der Waals surface area contributed by atoms with Crippen LogP contribution in [0.15, 0.2) is 29.3 Å². The van der Waals surface area contributed by atoms with Crippen molar-refractivity contribution in [3.63, 3.8) is 0 Å². The van der Waals surface area contributed by atoms with E-state index in [4.69, 9.17) is 16.9 Å². The van der Waals surface area contributed by atoms with Crippen molar-refractivity contribution in [2.45, 2.75) is 25.7 Å². The van der Waals surface area contributed by atoms with Crippen LogP contribution in [0, 0.1) is 17.1 Å². The third kappa shape index (κ3) is 3.12. The van der Waals surface area contributed by atoms with Crippen molar-refractivity contribution in [1.82, 2.24) is 0 Å². The van der Waals surface area contributed by atoms with Gasteiger partial charge in [0, 0.05) is 11.1 Å². The first-order chi connectivity index (χ1) is 9.11. The quantitative estimate of drug-likeness (QED) is 0.894. The van der Waals surface area contributed by atoms with Gasteiger partial charge in [-0.05, 0) is 43.9 Å². The largest absolute Gasteiger partial charge is 0.321 e. The van der Waals surface area contributed by atoms with E-state index < -0.39 is 5.82 Å². The molecule has 1 N–H and O–H groups in total. The van der Waals surface area contributed by atoms with Crippen molar-refractivity contribution in [2.75, 3.05) is 5.32 Å². The molecule has 0 aliphatic heterocycles. The van der Waals surface area contributed by atoms with E-state index in [-0.39, 0.29) is 10.9 Å². The van der Waals surface area contributed by atoms with Gasteiger partial charge < -0.3 is 5.32 Å². The molecule has 3 nitrogen and oxygen atoms in total. The van der Waals surface area contributed by atoms with Gasteiger partial charge in [-0.15, -0.1) is 0 Å². The van der Waals surface area contributed by atoms with Crippen molar-refractivity contribution in [1.29, 1.82) is 5.26 Å². The van der Waals surface area contributed by atoms with E-state index in [0.29, 0.717) is 29.7 Å². The predicted octanol–water partition coefficient (Wildman–Crippen LogP) is 3.81. The van der Waals surface area contributed by atoms with E-state index in [1.54, 1.807) is 0 Å². The fourth-order valence-corrected chi connectivity index (χ4v) is 2.28. The fourth-order valence-electron chi connectivity index (χ4n) is 2.07. The highest BCUT2D eigenvalue weighted by Crippen LogP contribution is 2.27. The molecule has 0 bridgehead atoms. The van der Waals surface area contributed by atoms with Crippen LogP contribution in [0.1, 0.15) is 25.7 Å². The molecule has 0 fully saturated rings. The SMILES string of the molecule is N#CC1=C(C(=O)Nc2ccc(F)cc2Cl)CCCC1. The van der Waals surface area contributed by atoms with Gasteiger partial charge in [-0.1, -0.05) is 11.6 Å². The van der Waals surface area contributed by atoms with Gasteiger partial charge in [0.25, 0.3) is 5.91 Å².